The van der Waals surface area contributed by atoms with Crippen molar-refractivity contribution in [1.29, 1.82) is 0 Å². The Hall–Kier alpha value is 0.620. The van der Waals surface area contributed by atoms with Gasteiger partial charge in [0.1, 0.15) is 0 Å². The van der Waals surface area contributed by atoms with Gasteiger partial charge < -0.3 is 5.73 Å². The average Bonchev–Trinajstić information content (AvgIpc) is 2.65. The van der Waals surface area contributed by atoms with Crippen LogP contribution in [0.15, 0.2) is 14.3 Å². The molecule has 110 valence electrons. The van der Waals surface area contributed by atoms with Crippen molar-refractivity contribution in [2.24, 2.45) is 28.4 Å². The highest BCUT2D eigenvalue weighted by molar-refractivity contribution is 9.13. The van der Waals surface area contributed by atoms with E-state index >= 15 is 0 Å². The van der Waals surface area contributed by atoms with Crippen LogP contribution in [0.1, 0.15) is 56.4 Å². The lowest BCUT2D eigenvalue weighted by Gasteiger charge is -2.63. The topological polar surface area (TPSA) is 26.0 Å². The molecule has 1 nitrogen and oxygen atoms in total. The zero-order valence-corrected chi connectivity index (χ0v) is 15.8. The van der Waals surface area contributed by atoms with Crippen LogP contribution in [0.2, 0.25) is 0 Å². The lowest BCUT2D eigenvalue weighted by molar-refractivity contribution is -0.113. The number of nitrogens with two attached hydrogens (primary N) is 1. The monoisotopic (exact) mass is 417 g/mol. The fourth-order valence-corrected chi connectivity index (χ4v) is 8.21. The standard InChI is InChI=1S/C16H21Br2NS/c1-15-4-9-2-10(5-15)7-16(6-9,8-15)13(19)12-3-11(17)14(18)20-12/h3,9-10,13H,2,4-8,19H2,1H3. The molecule has 0 spiro atoms. The molecule has 0 aliphatic heterocycles. The van der Waals surface area contributed by atoms with E-state index in [4.69, 9.17) is 5.73 Å². The van der Waals surface area contributed by atoms with Gasteiger partial charge in [-0.25, -0.2) is 0 Å². The quantitative estimate of drug-likeness (QED) is 0.637. The third kappa shape index (κ3) is 2.09. The van der Waals surface area contributed by atoms with E-state index in [1.807, 2.05) is 11.3 Å². The van der Waals surface area contributed by atoms with E-state index in [0.29, 0.717) is 10.8 Å². The first-order chi connectivity index (χ1) is 9.39. The maximum absolute atomic E-state index is 6.80. The van der Waals surface area contributed by atoms with Crippen molar-refractivity contribution < 1.29 is 0 Å². The van der Waals surface area contributed by atoms with Gasteiger partial charge in [-0.05, 0) is 99.1 Å². The molecule has 0 radical (unpaired) electrons. The Labute approximate surface area is 142 Å². The largest absolute Gasteiger partial charge is 0.323 e. The Morgan fingerprint density at radius 1 is 1.25 bits per heavy atom. The normalized spacial score (nSPS) is 44.0. The molecular formula is C16H21Br2NS. The average molecular weight is 419 g/mol. The summed E-state index contributed by atoms with van der Waals surface area (Å²) in [6.45, 7) is 2.52. The molecule has 0 aromatic carbocycles. The zero-order valence-electron chi connectivity index (χ0n) is 11.8. The predicted molar refractivity (Wildman–Crippen MR) is 91.9 cm³/mol. The van der Waals surface area contributed by atoms with Crippen LogP contribution in [0.5, 0.6) is 0 Å². The maximum Gasteiger partial charge on any atom is 0.0843 e. The fraction of sp³-hybridized carbons (Fsp3) is 0.750. The maximum atomic E-state index is 6.80. The van der Waals surface area contributed by atoms with E-state index in [1.165, 1.54) is 47.2 Å². The molecular weight excluding hydrogens is 398 g/mol. The molecule has 4 bridgehead atoms. The first kappa shape index (κ1) is 14.2. The van der Waals surface area contributed by atoms with E-state index in [-0.39, 0.29) is 6.04 Å². The Morgan fingerprint density at radius 3 is 2.40 bits per heavy atom. The van der Waals surface area contributed by atoms with Gasteiger partial charge in [-0.2, -0.15) is 0 Å². The van der Waals surface area contributed by atoms with E-state index in [2.05, 4.69) is 44.8 Å². The van der Waals surface area contributed by atoms with Crippen molar-refractivity contribution in [2.45, 2.75) is 51.5 Å². The van der Waals surface area contributed by atoms with Gasteiger partial charge in [0.15, 0.2) is 0 Å². The number of hydrogen-bond acceptors (Lipinski definition) is 2. The first-order valence-electron chi connectivity index (χ1n) is 7.60. The smallest absolute Gasteiger partial charge is 0.0843 e. The van der Waals surface area contributed by atoms with Crippen LogP contribution in [0, 0.1) is 22.7 Å². The second-order valence-corrected chi connectivity index (χ2v) is 11.1. The summed E-state index contributed by atoms with van der Waals surface area (Å²) in [7, 11) is 0. The van der Waals surface area contributed by atoms with Crippen molar-refractivity contribution in [3.63, 3.8) is 0 Å². The summed E-state index contributed by atoms with van der Waals surface area (Å²) in [6.07, 6.45) is 8.47. The molecule has 0 saturated heterocycles. The van der Waals surface area contributed by atoms with Gasteiger partial charge in [-0.15, -0.1) is 11.3 Å². The molecule has 4 fully saturated rings. The van der Waals surface area contributed by atoms with Crippen molar-refractivity contribution in [2.75, 3.05) is 0 Å². The summed E-state index contributed by atoms with van der Waals surface area (Å²) in [6, 6.07) is 2.46. The van der Waals surface area contributed by atoms with Gasteiger partial charge in [0, 0.05) is 15.4 Å². The summed E-state index contributed by atoms with van der Waals surface area (Å²) in [5.74, 6) is 1.89. The molecule has 3 atom stereocenters. The Morgan fingerprint density at radius 2 is 1.90 bits per heavy atom. The highest BCUT2D eigenvalue weighted by Gasteiger charge is 2.58. The van der Waals surface area contributed by atoms with Gasteiger partial charge in [-0.3, -0.25) is 0 Å². The number of halogens is 2. The molecule has 1 heterocycles. The van der Waals surface area contributed by atoms with Crippen LogP contribution in [0.25, 0.3) is 0 Å². The third-order valence-electron chi connectivity index (χ3n) is 6.03. The van der Waals surface area contributed by atoms with Crippen molar-refractivity contribution in [3.8, 4) is 0 Å². The van der Waals surface area contributed by atoms with E-state index in [1.54, 1.807) is 0 Å². The van der Waals surface area contributed by atoms with Crippen LogP contribution in [-0.4, -0.2) is 0 Å². The lowest BCUT2D eigenvalue weighted by Crippen LogP contribution is -2.54. The van der Waals surface area contributed by atoms with Crippen LogP contribution in [-0.2, 0) is 0 Å². The van der Waals surface area contributed by atoms with Gasteiger partial charge in [0.05, 0.1) is 3.79 Å². The minimum atomic E-state index is 0.223. The van der Waals surface area contributed by atoms with E-state index < -0.39 is 0 Å². The highest BCUT2D eigenvalue weighted by Crippen LogP contribution is 2.68. The molecule has 1 aromatic rings. The summed E-state index contributed by atoms with van der Waals surface area (Å²) >= 11 is 9.05. The van der Waals surface area contributed by atoms with Crippen LogP contribution < -0.4 is 5.73 Å². The molecule has 4 saturated carbocycles. The van der Waals surface area contributed by atoms with Crippen LogP contribution >= 0.6 is 43.2 Å². The SMILES string of the molecule is CC12CC3CC(C1)CC(C(N)c1cc(Br)c(Br)s1)(C3)C2. The molecule has 20 heavy (non-hydrogen) atoms. The Balaban J connectivity index is 1.70. The van der Waals surface area contributed by atoms with Crippen molar-refractivity contribution in [1.82, 2.24) is 0 Å². The predicted octanol–water partition coefficient (Wildman–Crippen LogP) is 5.88. The van der Waals surface area contributed by atoms with Gasteiger partial charge in [0.25, 0.3) is 0 Å². The molecule has 2 N–H and O–H groups in total. The van der Waals surface area contributed by atoms with E-state index in [9.17, 15) is 0 Å². The first-order valence-corrected chi connectivity index (χ1v) is 10.00. The van der Waals surface area contributed by atoms with Crippen molar-refractivity contribution >= 4 is 43.2 Å². The van der Waals surface area contributed by atoms with Crippen LogP contribution in [0.3, 0.4) is 0 Å². The summed E-state index contributed by atoms with van der Waals surface area (Å²) in [4.78, 5) is 1.36. The summed E-state index contributed by atoms with van der Waals surface area (Å²) < 4.78 is 2.34. The fourth-order valence-electron chi connectivity index (χ4n) is 5.98. The second-order valence-electron chi connectivity index (χ2n) is 7.88. The van der Waals surface area contributed by atoms with Gasteiger partial charge in [-0.1, -0.05) is 6.92 Å². The molecule has 4 aliphatic carbocycles. The highest BCUT2D eigenvalue weighted by atomic mass is 79.9. The number of hydrogen-bond donors (Lipinski definition) is 1. The van der Waals surface area contributed by atoms with Crippen LogP contribution in [0.4, 0.5) is 0 Å². The van der Waals surface area contributed by atoms with Gasteiger partial charge >= 0.3 is 0 Å². The zero-order chi connectivity index (χ0) is 14.1. The minimum absolute atomic E-state index is 0.223. The minimum Gasteiger partial charge on any atom is -0.323 e. The molecule has 0 amide bonds. The molecule has 4 heteroatoms. The molecule has 1 aromatic heterocycles. The van der Waals surface area contributed by atoms with Crippen molar-refractivity contribution in [3.05, 3.63) is 19.2 Å². The molecule has 5 rings (SSSR count). The molecule has 3 unspecified atom stereocenters. The third-order valence-corrected chi connectivity index (χ3v) is 9.37. The number of rotatable bonds is 2. The lowest BCUT2D eigenvalue weighted by atomic mass is 9.43. The van der Waals surface area contributed by atoms with Gasteiger partial charge in [0.2, 0.25) is 0 Å². The number of thiophene rings is 1. The summed E-state index contributed by atoms with van der Waals surface area (Å²) in [5, 5.41) is 0. The Bertz CT molecular complexity index is 519. The van der Waals surface area contributed by atoms with E-state index in [0.717, 1.165) is 16.3 Å². The molecule has 4 aliphatic rings. The second kappa shape index (κ2) is 4.56. The Kier molecular flexibility index (Phi) is 3.24. The summed E-state index contributed by atoms with van der Waals surface area (Å²) in [5.41, 5.74) is 7.76.